The van der Waals surface area contributed by atoms with Gasteiger partial charge in [-0.1, -0.05) is 0 Å². The van der Waals surface area contributed by atoms with E-state index in [4.69, 9.17) is 9.84 Å². The highest BCUT2D eigenvalue weighted by atomic mass is 16.6. The third-order valence-corrected chi connectivity index (χ3v) is 4.63. The van der Waals surface area contributed by atoms with Crippen LogP contribution >= 0.6 is 0 Å². The number of β-amino-alcohol motifs (C(OH)–C–C–N with tert-alkyl or cyclic N) is 2. The molecule has 2 unspecified atom stereocenters. The maximum absolute atomic E-state index is 11.7. The molecule has 0 spiro atoms. The molecule has 2 atom stereocenters. The summed E-state index contributed by atoms with van der Waals surface area (Å²) < 4.78 is 5.25. The smallest absolute Gasteiger partial charge is 0.410 e. The van der Waals surface area contributed by atoms with E-state index in [-0.39, 0.29) is 18.3 Å². The number of aliphatic hydroxyl groups excluding tert-OH is 2. The first-order chi connectivity index (χ1) is 12.6. The fourth-order valence-electron chi connectivity index (χ4n) is 3.02. The maximum Gasteiger partial charge on any atom is 0.410 e. The third-order valence-electron chi connectivity index (χ3n) is 4.63. The molecule has 2 heterocycles. The third kappa shape index (κ3) is 10.8. The Labute approximate surface area is 164 Å². The fraction of sp³-hybridized carbons (Fsp3) is 0.947. The van der Waals surface area contributed by atoms with Crippen LogP contribution in [-0.4, -0.2) is 115 Å². The lowest BCUT2D eigenvalue weighted by atomic mass is 10.2. The number of hydrogen-bond donors (Lipinski definition) is 3. The number of likely N-dealkylation sites (tertiary alicyclic amines) is 2. The second-order valence-corrected chi connectivity index (χ2v) is 8.49. The molecule has 0 aliphatic carbocycles. The van der Waals surface area contributed by atoms with Gasteiger partial charge in [0, 0.05) is 59.4 Å². The standard InChI is InChI=1S/C12H24N2O3.C7H16N2O/c1-12(2,3)17-11(16)13(4)7-8-14-6-5-10(15)9-14;1-8-3-5-9-4-2-7(10)6-9/h10,15H,5-9H2,1-4H3;7-8,10H,2-6H2,1H3. The number of aliphatic hydroxyl groups is 2. The van der Waals surface area contributed by atoms with Crippen LogP contribution in [-0.2, 0) is 4.74 Å². The van der Waals surface area contributed by atoms with Gasteiger partial charge in [0.2, 0.25) is 0 Å². The summed E-state index contributed by atoms with van der Waals surface area (Å²) in [5.41, 5.74) is -0.449. The second kappa shape index (κ2) is 11.8. The molecule has 2 fully saturated rings. The van der Waals surface area contributed by atoms with Gasteiger partial charge in [-0.2, -0.15) is 0 Å². The Morgan fingerprint density at radius 1 is 1.11 bits per heavy atom. The lowest BCUT2D eigenvalue weighted by molar-refractivity contribution is 0.0285. The van der Waals surface area contributed by atoms with E-state index in [2.05, 4.69) is 15.1 Å². The molecule has 2 aliphatic heterocycles. The highest BCUT2D eigenvalue weighted by Crippen LogP contribution is 2.11. The number of carbonyl (C=O) groups excluding carboxylic acids is 1. The Morgan fingerprint density at radius 2 is 1.63 bits per heavy atom. The molecule has 0 aromatic rings. The van der Waals surface area contributed by atoms with E-state index < -0.39 is 5.60 Å². The van der Waals surface area contributed by atoms with Gasteiger partial charge in [0.05, 0.1) is 12.2 Å². The first-order valence-corrected chi connectivity index (χ1v) is 10.00. The molecule has 0 radical (unpaired) electrons. The van der Waals surface area contributed by atoms with Crippen LogP contribution < -0.4 is 5.32 Å². The molecule has 8 heteroatoms. The van der Waals surface area contributed by atoms with Gasteiger partial charge >= 0.3 is 6.09 Å². The van der Waals surface area contributed by atoms with E-state index in [0.717, 1.165) is 52.1 Å². The predicted octanol–water partition coefficient (Wildman–Crippen LogP) is 0.192. The number of hydrogen-bond acceptors (Lipinski definition) is 7. The molecule has 27 heavy (non-hydrogen) atoms. The van der Waals surface area contributed by atoms with Gasteiger partial charge in [-0.25, -0.2) is 4.79 Å². The number of carbonyl (C=O) groups is 1. The molecule has 3 N–H and O–H groups in total. The zero-order valence-electron chi connectivity index (χ0n) is 17.8. The summed E-state index contributed by atoms with van der Waals surface area (Å²) >= 11 is 0. The summed E-state index contributed by atoms with van der Waals surface area (Å²) in [5.74, 6) is 0. The second-order valence-electron chi connectivity index (χ2n) is 8.49. The predicted molar refractivity (Wildman–Crippen MR) is 107 cm³/mol. The van der Waals surface area contributed by atoms with Gasteiger partial charge in [-0.3, -0.25) is 9.80 Å². The van der Waals surface area contributed by atoms with Crippen molar-refractivity contribution in [3.8, 4) is 0 Å². The summed E-state index contributed by atoms with van der Waals surface area (Å²) in [6.45, 7) is 12.6. The molecule has 8 nitrogen and oxygen atoms in total. The SMILES string of the molecule is CN(CCN1CCC(O)C1)C(=O)OC(C)(C)C.CNCCN1CCC(O)C1. The monoisotopic (exact) mass is 388 g/mol. The van der Waals surface area contributed by atoms with Crippen LogP contribution in [0.15, 0.2) is 0 Å². The van der Waals surface area contributed by atoms with Crippen LogP contribution in [0.25, 0.3) is 0 Å². The van der Waals surface area contributed by atoms with Gasteiger partial charge in [0.1, 0.15) is 5.60 Å². The van der Waals surface area contributed by atoms with E-state index in [1.54, 1.807) is 11.9 Å². The van der Waals surface area contributed by atoms with Crippen LogP contribution in [0.4, 0.5) is 4.79 Å². The number of likely N-dealkylation sites (N-methyl/N-ethyl adjacent to an activating group) is 2. The summed E-state index contributed by atoms with van der Waals surface area (Å²) in [6.07, 6.45) is 1.20. The van der Waals surface area contributed by atoms with Crippen molar-refractivity contribution in [1.82, 2.24) is 20.0 Å². The number of ether oxygens (including phenoxy) is 1. The van der Waals surface area contributed by atoms with Crippen molar-refractivity contribution in [1.29, 1.82) is 0 Å². The number of rotatable bonds is 6. The van der Waals surface area contributed by atoms with Crippen LogP contribution in [0, 0.1) is 0 Å². The molecule has 2 saturated heterocycles. The molecule has 0 bridgehead atoms. The fourth-order valence-corrected chi connectivity index (χ4v) is 3.02. The van der Waals surface area contributed by atoms with Gasteiger partial charge < -0.3 is 25.2 Å². The van der Waals surface area contributed by atoms with Crippen molar-refractivity contribution in [2.45, 2.75) is 51.4 Å². The number of nitrogens with zero attached hydrogens (tertiary/aromatic N) is 3. The largest absolute Gasteiger partial charge is 0.444 e. The summed E-state index contributed by atoms with van der Waals surface area (Å²) in [5, 5.41) is 21.6. The highest BCUT2D eigenvalue weighted by molar-refractivity contribution is 5.67. The van der Waals surface area contributed by atoms with Gasteiger partial charge in [0.15, 0.2) is 0 Å². The van der Waals surface area contributed by atoms with Crippen molar-refractivity contribution in [3.05, 3.63) is 0 Å². The quantitative estimate of drug-likeness (QED) is 0.599. The van der Waals surface area contributed by atoms with E-state index in [9.17, 15) is 9.90 Å². The Bertz CT molecular complexity index is 430. The minimum Gasteiger partial charge on any atom is -0.444 e. The van der Waals surface area contributed by atoms with Gasteiger partial charge in [-0.15, -0.1) is 0 Å². The number of nitrogens with one attached hydrogen (secondary N) is 1. The van der Waals surface area contributed by atoms with Crippen molar-refractivity contribution < 1.29 is 19.7 Å². The molecule has 0 saturated carbocycles. The molecule has 2 rings (SSSR count). The zero-order chi connectivity index (χ0) is 20.4. The molecular formula is C19H40N4O4. The van der Waals surface area contributed by atoms with Crippen LogP contribution in [0.1, 0.15) is 33.6 Å². The van der Waals surface area contributed by atoms with Crippen LogP contribution in [0.3, 0.4) is 0 Å². The molecule has 2 aliphatic rings. The average Bonchev–Trinajstić information content (AvgIpc) is 3.17. The van der Waals surface area contributed by atoms with Crippen LogP contribution in [0.2, 0.25) is 0 Å². The topological polar surface area (TPSA) is 88.5 Å². The summed E-state index contributed by atoms with van der Waals surface area (Å²) in [7, 11) is 3.69. The zero-order valence-corrected chi connectivity index (χ0v) is 17.8. The first-order valence-electron chi connectivity index (χ1n) is 10.00. The van der Waals surface area contributed by atoms with E-state index in [1.807, 2.05) is 27.8 Å². The molecule has 0 aromatic heterocycles. The normalized spacial score (nSPS) is 23.8. The Hall–Kier alpha value is -0.930. The molecular weight excluding hydrogens is 348 g/mol. The minimum atomic E-state index is -0.449. The molecule has 0 aromatic carbocycles. The maximum atomic E-state index is 11.7. The minimum absolute atomic E-state index is 0.0724. The van der Waals surface area contributed by atoms with E-state index >= 15 is 0 Å². The first kappa shape index (κ1) is 24.1. The van der Waals surface area contributed by atoms with Gasteiger partial charge in [0.25, 0.3) is 0 Å². The lowest BCUT2D eigenvalue weighted by Crippen LogP contribution is -2.39. The highest BCUT2D eigenvalue weighted by Gasteiger charge is 2.23. The Kier molecular flexibility index (Phi) is 10.5. The lowest BCUT2D eigenvalue weighted by Gasteiger charge is -2.26. The number of amides is 1. The summed E-state index contributed by atoms with van der Waals surface area (Å²) in [4.78, 5) is 17.7. The average molecular weight is 389 g/mol. The van der Waals surface area contributed by atoms with E-state index in [1.165, 1.54) is 0 Å². The van der Waals surface area contributed by atoms with Gasteiger partial charge in [-0.05, 0) is 40.7 Å². The summed E-state index contributed by atoms with van der Waals surface area (Å²) in [6, 6.07) is 0. The van der Waals surface area contributed by atoms with Crippen molar-refractivity contribution >= 4 is 6.09 Å². The molecule has 160 valence electrons. The van der Waals surface area contributed by atoms with Crippen LogP contribution in [0.5, 0.6) is 0 Å². The Balaban J connectivity index is 0.000000309. The van der Waals surface area contributed by atoms with E-state index in [0.29, 0.717) is 13.1 Å². The van der Waals surface area contributed by atoms with Crippen molar-refractivity contribution in [2.75, 3.05) is 66.5 Å². The van der Waals surface area contributed by atoms with Crippen molar-refractivity contribution in [2.24, 2.45) is 0 Å². The van der Waals surface area contributed by atoms with Crippen molar-refractivity contribution in [3.63, 3.8) is 0 Å². The Morgan fingerprint density at radius 3 is 2.04 bits per heavy atom. The molecule has 1 amide bonds.